The molecular formula is C26H32N3O+. The summed E-state index contributed by atoms with van der Waals surface area (Å²) in [6.45, 7) is 4.31. The highest BCUT2D eigenvalue weighted by atomic mass is 16.2. The lowest BCUT2D eigenvalue weighted by atomic mass is 10.0. The third kappa shape index (κ3) is 6.19. The SMILES string of the molecule is CC[NH+](CC(=O)Nc1ccccc1Cc1ccccc1)Cc1ccc(N(C)C)cc1. The Hall–Kier alpha value is -3.11. The minimum Gasteiger partial charge on any atom is -0.378 e. The summed E-state index contributed by atoms with van der Waals surface area (Å²) in [6, 6.07) is 27.0. The van der Waals surface area contributed by atoms with Crippen molar-refractivity contribution in [1.82, 2.24) is 0 Å². The fraction of sp³-hybridized carbons (Fsp3) is 0.269. The predicted molar refractivity (Wildman–Crippen MR) is 125 cm³/mol. The van der Waals surface area contributed by atoms with Crippen molar-refractivity contribution in [3.05, 3.63) is 95.6 Å². The molecule has 156 valence electrons. The number of hydrogen-bond acceptors (Lipinski definition) is 2. The number of hydrogen-bond donors (Lipinski definition) is 2. The molecule has 0 spiro atoms. The van der Waals surface area contributed by atoms with Gasteiger partial charge in [-0.3, -0.25) is 4.79 Å². The van der Waals surface area contributed by atoms with Gasteiger partial charge in [-0.15, -0.1) is 0 Å². The van der Waals surface area contributed by atoms with Gasteiger partial charge < -0.3 is 15.1 Å². The highest BCUT2D eigenvalue weighted by Gasteiger charge is 2.15. The van der Waals surface area contributed by atoms with E-state index in [-0.39, 0.29) is 5.91 Å². The first kappa shape index (κ1) is 21.6. The van der Waals surface area contributed by atoms with Crippen molar-refractivity contribution >= 4 is 17.3 Å². The van der Waals surface area contributed by atoms with Crippen LogP contribution in [0.15, 0.2) is 78.9 Å². The molecule has 0 radical (unpaired) electrons. The molecule has 4 nitrogen and oxygen atoms in total. The van der Waals surface area contributed by atoms with Crippen molar-refractivity contribution in [2.75, 3.05) is 37.4 Å². The van der Waals surface area contributed by atoms with Crippen LogP contribution in [0.1, 0.15) is 23.6 Å². The second-order valence-electron chi connectivity index (χ2n) is 7.89. The average molecular weight is 403 g/mol. The maximum absolute atomic E-state index is 12.8. The Morgan fingerprint density at radius 1 is 0.867 bits per heavy atom. The van der Waals surface area contributed by atoms with E-state index in [1.165, 1.54) is 21.7 Å². The summed E-state index contributed by atoms with van der Waals surface area (Å²) in [5.41, 5.74) is 5.70. The maximum atomic E-state index is 12.8. The van der Waals surface area contributed by atoms with Gasteiger partial charge in [0.15, 0.2) is 6.54 Å². The number of para-hydroxylation sites is 1. The molecule has 0 aliphatic heterocycles. The van der Waals surface area contributed by atoms with Gasteiger partial charge in [0.1, 0.15) is 6.54 Å². The van der Waals surface area contributed by atoms with Crippen molar-refractivity contribution in [3.63, 3.8) is 0 Å². The first-order valence-corrected chi connectivity index (χ1v) is 10.6. The van der Waals surface area contributed by atoms with E-state index < -0.39 is 0 Å². The Morgan fingerprint density at radius 3 is 2.20 bits per heavy atom. The Bertz CT molecular complexity index is 936. The smallest absolute Gasteiger partial charge is 0.279 e. The molecular weight excluding hydrogens is 370 g/mol. The van der Waals surface area contributed by atoms with Crippen LogP contribution in [0.3, 0.4) is 0 Å². The van der Waals surface area contributed by atoms with Crippen molar-refractivity contribution in [2.45, 2.75) is 19.9 Å². The van der Waals surface area contributed by atoms with E-state index in [1.54, 1.807) is 0 Å². The molecule has 0 fully saturated rings. The third-order valence-electron chi connectivity index (χ3n) is 5.35. The Morgan fingerprint density at radius 2 is 1.53 bits per heavy atom. The highest BCUT2D eigenvalue weighted by Crippen LogP contribution is 2.19. The van der Waals surface area contributed by atoms with E-state index >= 15 is 0 Å². The fourth-order valence-electron chi connectivity index (χ4n) is 3.55. The number of quaternary nitrogens is 1. The second-order valence-corrected chi connectivity index (χ2v) is 7.89. The van der Waals surface area contributed by atoms with Crippen molar-refractivity contribution in [2.24, 2.45) is 0 Å². The number of rotatable bonds is 9. The van der Waals surface area contributed by atoms with Gasteiger partial charge in [0.2, 0.25) is 0 Å². The van der Waals surface area contributed by atoms with Crippen LogP contribution < -0.4 is 15.1 Å². The van der Waals surface area contributed by atoms with Crippen LogP contribution in [0.25, 0.3) is 0 Å². The molecule has 4 heteroatoms. The zero-order valence-electron chi connectivity index (χ0n) is 18.2. The number of amides is 1. The molecule has 0 bridgehead atoms. The van der Waals surface area contributed by atoms with Crippen LogP contribution in [-0.4, -0.2) is 33.1 Å². The molecule has 30 heavy (non-hydrogen) atoms. The molecule has 0 aliphatic rings. The van der Waals surface area contributed by atoms with Gasteiger partial charge in [-0.05, 0) is 42.7 Å². The van der Waals surface area contributed by atoms with E-state index in [2.05, 4.69) is 59.6 Å². The molecule has 0 aliphatic carbocycles. The van der Waals surface area contributed by atoms with Gasteiger partial charge in [0.25, 0.3) is 5.91 Å². The van der Waals surface area contributed by atoms with E-state index in [0.717, 1.165) is 30.8 Å². The number of carbonyl (C=O) groups excluding carboxylic acids is 1. The predicted octanol–water partition coefficient (Wildman–Crippen LogP) is 3.39. The molecule has 2 N–H and O–H groups in total. The molecule has 1 atom stereocenters. The summed E-state index contributed by atoms with van der Waals surface area (Å²) in [4.78, 5) is 16.1. The standard InChI is InChI=1S/C26H31N3O/c1-4-29(19-22-14-16-24(17-15-22)28(2)3)20-26(30)27-25-13-9-8-12-23(25)18-21-10-6-5-7-11-21/h5-17H,4,18-20H2,1-3H3,(H,27,30)/p+1. The number of likely N-dealkylation sites (N-methyl/N-ethyl adjacent to an activating group) is 1. The molecule has 0 saturated heterocycles. The monoisotopic (exact) mass is 402 g/mol. The summed E-state index contributed by atoms with van der Waals surface area (Å²) in [5.74, 6) is 0.0530. The Kier molecular flexibility index (Phi) is 7.63. The normalized spacial score (nSPS) is 11.7. The Labute approximate surface area is 180 Å². The van der Waals surface area contributed by atoms with Gasteiger partial charge in [-0.1, -0.05) is 60.7 Å². The van der Waals surface area contributed by atoms with E-state index in [0.29, 0.717) is 6.54 Å². The van der Waals surface area contributed by atoms with Crippen molar-refractivity contribution < 1.29 is 9.69 Å². The average Bonchev–Trinajstić information content (AvgIpc) is 2.75. The summed E-state index contributed by atoms with van der Waals surface area (Å²) >= 11 is 0. The molecule has 0 heterocycles. The molecule has 1 unspecified atom stereocenters. The van der Waals surface area contributed by atoms with Gasteiger partial charge in [0.05, 0.1) is 6.54 Å². The van der Waals surface area contributed by atoms with Crippen molar-refractivity contribution in [3.8, 4) is 0 Å². The lowest BCUT2D eigenvalue weighted by molar-refractivity contribution is -0.903. The number of anilines is 2. The maximum Gasteiger partial charge on any atom is 0.279 e. The zero-order chi connectivity index (χ0) is 21.3. The van der Waals surface area contributed by atoms with Gasteiger partial charge in [0, 0.05) is 31.0 Å². The minimum atomic E-state index is 0.0530. The second kappa shape index (κ2) is 10.6. The summed E-state index contributed by atoms with van der Waals surface area (Å²) < 4.78 is 0. The van der Waals surface area contributed by atoms with E-state index in [1.807, 2.05) is 50.5 Å². The fourth-order valence-corrected chi connectivity index (χ4v) is 3.55. The minimum absolute atomic E-state index is 0.0530. The molecule has 3 rings (SSSR count). The molecule has 0 saturated carbocycles. The lowest BCUT2D eigenvalue weighted by Gasteiger charge is -2.19. The lowest BCUT2D eigenvalue weighted by Crippen LogP contribution is -3.11. The van der Waals surface area contributed by atoms with Crippen LogP contribution in [-0.2, 0) is 17.8 Å². The molecule has 0 aromatic heterocycles. The molecule has 3 aromatic rings. The zero-order valence-corrected chi connectivity index (χ0v) is 18.2. The largest absolute Gasteiger partial charge is 0.378 e. The van der Waals surface area contributed by atoms with Gasteiger partial charge in [-0.25, -0.2) is 0 Å². The van der Waals surface area contributed by atoms with E-state index in [4.69, 9.17) is 0 Å². The highest BCUT2D eigenvalue weighted by molar-refractivity contribution is 5.92. The van der Waals surface area contributed by atoms with Gasteiger partial charge in [-0.2, -0.15) is 0 Å². The van der Waals surface area contributed by atoms with Crippen molar-refractivity contribution in [1.29, 1.82) is 0 Å². The number of carbonyl (C=O) groups is 1. The summed E-state index contributed by atoms with van der Waals surface area (Å²) in [7, 11) is 4.08. The number of nitrogens with zero attached hydrogens (tertiary/aromatic N) is 1. The topological polar surface area (TPSA) is 36.8 Å². The summed E-state index contributed by atoms with van der Waals surface area (Å²) in [5, 5.41) is 3.14. The van der Waals surface area contributed by atoms with Crippen LogP contribution in [0.4, 0.5) is 11.4 Å². The first-order valence-electron chi connectivity index (χ1n) is 10.6. The van der Waals surface area contributed by atoms with Gasteiger partial charge >= 0.3 is 0 Å². The number of benzene rings is 3. The van der Waals surface area contributed by atoms with E-state index in [9.17, 15) is 4.79 Å². The van der Waals surface area contributed by atoms with Crippen LogP contribution in [0, 0.1) is 0 Å². The van der Waals surface area contributed by atoms with Crippen LogP contribution in [0.2, 0.25) is 0 Å². The van der Waals surface area contributed by atoms with Crippen LogP contribution in [0.5, 0.6) is 0 Å². The third-order valence-corrected chi connectivity index (χ3v) is 5.35. The quantitative estimate of drug-likeness (QED) is 0.576. The molecule has 3 aromatic carbocycles. The Balaban J connectivity index is 1.61. The van der Waals surface area contributed by atoms with Crippen LogP contribution >= 0.6 is 0 Å². The number of nitrogens with one attached hydrogen (secondary N) is 2. The summed E-state index contributed by atoms with van der Waals surface area (Å²) in [6.07, 6.45) is 0.805. The first-order chi connectivity index (χ1) is 14.5. The molecule has 1 amide bonds.